The molecular weight excluding hydrogens is 202 g/mol. The van der Waals surface area contributed by atoms with E-state index in [1.807, 2.05) is 0 Å². The summed E-state index contributed by atoms with van der Waals surface area (Å²) in [5.41, 5.74) is 0. The highest BCUT2D eigenvalue weighted by atomic mass is 32.2. The van der Waals surface area contributed by atoms with Crippen molar-refractivity contribution in [3.05, 3.63) is 0 Å². The second-order valence-corrected chi connectivity index (χ2v) is 4.91. The first-order valence-corrected chi connectivity index (χ1v) is 5.45. The molecule has 1 aliphatic carbocycles. The summed E-state index contributed by atoms with van der Waals surface area (Å²) in [6.07, 6.45) is 1.76. The number of Topliss-reactive ketones (excluding diaryl/α,β-unsaturated/α-hetero) is 1. The van der Waals surface area contributed by atoms with Crippen LogP contribution >= 0.6 is 11.8 Å². The predicted molar refractivity (Wildman–Crippen MR) is 53.6 cm³/mol. The zero-order chi connectivity index (χ0) is 10.3. The van der Waals surface area contributed by atoms with Gasteiger partial charge in [0.05, 0.1) is 6.04 Å². The molecule has 0 amide bonds. The minimum atomic E-state index is -0.966. The summed E-state index contributed by atoms with van der Waals surface area (Å²) in [6, 6.07) is -0.0800. The summed E-state index contributed by atoms with van der Waals surface area (Å²) in [5.74, 6) is -0.885. The van der Waals surface area contributed by atoms with Gasteiger partial charge >= 0.3 is 5.97 Å². The van der Waals surface area contributed by atoms with Crippen molar-refractivity contribution in [3.63, 3.8) is 0 Å². The highest BCUT2D eigenvalue weighted by Gasteiger charge is 2.44. The van der Waals surface area contributed by atoms with E-state index < -0.39 is 5.97 Å². The highest BCUT2D eigenvalue weighted by Crippen LogP contribution is 2.42. The molecule has 3 unspecified atom stereocenters. The van der Waals surface area contributed by atoms with Crippen LogP contribution in [0.4, 0.5) is 0 Å². The van der Waals surface area contributed by atoms with Gasteiger partial charge in [-0.2, -0.15) is 0 Å². The standard InChI is InChI=1S/C9H11NO3S/c1-4(11)5-2-3-6-7(5)10-8(14-6)9(12)13/h5-7H,2-3H2,1H3,(H,12,13). The van der Waals surface area contributed by atoms with Crippen LogP contribution in [-0.2, 0) is 9.59 Å². The third-order valence-electron chi connectivity index (χ3n) is 2.79. The Kier molecular flexibility index (Phi) is 2.34. The van der Waals surface area contributed by atoms with Crippen molar-refractivity contribution in [1.29, 1.82) is 0 Å². The lowest BCUT2D eigenvalue weighted by atomic mass is 10.00. The number of hydrogen-bond acceptors (Lipinski definition) is 4. The first kappa shape index (κ1) is 9.71. The lowest BCUT2D eigenvalue weighted by molar-refractivity contribution is -0.129. The fourth-order valence-electron chi connectivity index (χ4n) is 2.10. The Bertz CT molecular complexity index is 326. The van der Waals surface area contributed by atoms with Crippen LogP contribution in [0.5, 0.6) is 0 Å². The third-order valence-corrected chi connectivity index (χ3v) is 4.11. The summed E-state index contributed by atoms with van der Waals surface area (Å²) in [7, 11) is 0. The number of carbonyl (C=O) groups excluding carboxylic acids is 1. The van der Waals surface area contributed by atoms with E-state index in [4.69, 9.17) is 5.11 Å². The number of carboxylic acid groups (broad SMARTS) is 1. The topological polar surface area (TPSA) is 66.7 Å². The van der Waals surface area contributed by atoms with Crippen LogP contribution in [0.25, 0.3) is 0 Å². The van der Waals surface area contributed by atoms with Crippen molar-refractivity contribution in [1.82, 2.24) is 0 Å². The second-order valence-electron chi connectivity index (χ2n) is 3.68. The van der Waals surface area contributed by atoms with Crippen molar-refractivity contribution in [3.8, 4) is 0 Å². The molecule has 0 aromatic carbocycles. The Hall–Kier alpha value is -0.840. The fourth-order valence-corrected chi connectivity index (χ4v) is 3.32. The summed E-state index contributed by atoms with van der Waals surface area (Å²) >= 11 is 1.31. The van der Waals surface area contributed by atoms with Gasteiger partial charge in [-0.05, 0) is 19.8 Å². The molecule has 0 saturated heterocycles. The predicted octanol–water partition coefficient (Wildman–Crippen LogP) is 0.952. The van der Waals surface area contributed by atoms with E-state index in [0.717, 1.165) is 12.8 Å². The molecule has 1 N–H and O–H groups in total. The van der Waals surface area contributed by atoms with Gasteiger partial charge in [0.1, 0.15) is 5.78 Å². The molecule has 1 heterocycles. The number of aliphatic carboxylic acids is 1. The monoisotopic (exact) mass is 213 g/mol. The number of thioether (sulfide) groups is 1. The van der Waals surface area contributed by atoms with Crippen molar-refractivity contribution in [2.24, 2.45) is 10.9 Å². The number of ketones is 1. The van der Waals surface area contributed by atoms with Crippen LogP contribution in [0.2, 0.25) is 0 Å². The molecule has 0 radical (unpaired) electrons. The molecule has 1 saturated carbocycles. The van der Waals surface area contributed by atoms with E-state index >= 15 is 0 Å². The maximum absolute atomic E-state index is 11.2. The zero-order valence-electron chi connectivity index (χ0n) is 7.77. The van der Waals surface area contributed by atoms with Gasteiger partial charge in [0.15, 0.2) is 5.04 Å². The Labute approximate surface area is 85.8 Å². The van der Waals surface area contributed by atoms with E-state index in [9.17, 15) is 9.59 Å². The van der Waals surface area contributed by atoms with Gasteiger partial charge in [-0.1, -0.05) is 11.8 Å². The number of carbonyl (C=O) groups is 2. The van der Waals surface area contributed by atoms with Crippen molar-refractivity contribution in [2.45, 2.75) is 31.1 Å². The van der Waals surface area contributed by atoms with E-state index in [1.165, 1.54) is 11.8 Å². The molecule has 3 atom stereocenters. The molecule has 0 aromatic rings. The summed E-state index contributed by atoms with van der Waals surface area (Å²) in [6.45, 7) is 1.56. The van der Waals surface area contributed by atoms with Crippen LogP contribution in [-0.4, -0.2) is 33.2 Å². The lowest BCUT2D eigenvalue weighted by Crippen LogP contribution is -2.23. The molecular formula is C9H11NO3S. The number of nitrogens with zero attached hydrogens (tertiary/aromatic N) is 1. The molecule has 2 rings (SSSR count). The SMILES string of the molecule is CC(=O)C1CCC2SC(C(=O)O)=NC21. The number of aliphatic imine (C=N–C) groups is 1. The molecule has 14 heavy (non-hydrogen) atoms. The minimum absolute atomic E-state index is 0.0515. The Morgan fingerprint density at radius 3 is 2.79 bits per heavy atom. The van der Waals surface area contributed by atoms with Crippen LogP contribution in [0.3, 0.4) is 0 Å². The van der Waals surface area contributed by atoms with Gasteiger partial charge in [0.2, 0.25) is 0 Å². The maximum atomic E-state index is 11.2. The summed E-state index contributed by atoms with van der Waals surface area (Å²) in [5, 5.41) is 9.15. The van der Waals surface area contributed by atoms with E-state index in [0.29, 0.717) is 0 Å². The molecule has 1 fully saturated rings. The number of fused-ring (bicyclic) bond motifs is 1. The second kappa shape index (κ2) is 3.38. The average molecular weight is 213 g/mol. The van der Waals surface area contributed by atoms with E-state index in [2.05, 4.69) is 4.99 Å². The van der Waals surface area contributed by atoms with Crippen LogP contribution in [0.15, 0.2) is 4.99 Å². The maximum Gasteiger partial charge on any atom is 0.360 e. The van der Waals surface area contributed by atoms with E-state index in [1.54, 1.807) is 6.92 Å². The zero-order valence-corrected chi connectivity index (χ0v) is 8.58. The molecule has 76 valence electrons. The largest absolute Gasteiger partial charge is 0.476 e. The average Bonchev–Trinajstić information content (AvgIpc) is 2.58. The molecule has 2 aliphatic rings. The number of hydrogen-bond donors (Lipinski definition) is 1. The molecule has 5 heteroatoms. The normalized spacial score (nSPS) is 35.2. The summed E-state index contributed by atoms with van der Waals surface area (Å²) < 4.78 is 0. The Morgan fingerprint density at radius 1 is 1.50 bits per heavy atom. The van der Waals surface area contributed by atoms with Gasteiger partial charge in [-0.15, -0.1) is 0 Å². The Morgan fingerprint density at radius 2 is 2.21 bits per heavy atom. The highest BCUT2D eigenvalue weighted by molar-refractivity contribution is 8.16. The molecule has 1 aliphatic heterocycles. The molecule has 4 nitrogen and oxygen atoms in total. The minimum Gasteiger partial charge on any atom is -0.476 e. The Balaban J connectivity index is 2.18. The quantitative estimate of drug-likeness (QED) is 0.741. The van der Waals surface area contributed by atoms with Gasteiger partial charge in [0, 0.05) is 11.2 Å². The third kappa shape index (κ3) is 1.45. The molecule has 0 spiro atoms. The number of carboxylic acids is 1. The van der Waals surface area contributed by atoms with Gasteiger partial charge in [0.25, 0.3) is 0 Å². The van der Waals surface area contributed by atoms with Crippen molar-refractivity contribution < 1.29 is 14.7 Å². The summed E-state index contributed by atoms with van der Waals surface area (Å²) in [4.78, 5) is 26.0. The van der Waals surface area contributed by atoms with Crippen molar-refractivity contribution in [2.75, 3.05) is 0 Å². The fraction of sp³-hybridized carbons (Fsp3) is 0.667. The first-order valence-electron chi connectivity index (χ1n) is 4.58. The van der Waals surface area contributed by atoms with Crippen LogP contribution < -0.4 is 0 Å². The van der Waals surface area contributed by atoms with Crippen molar-refractivity contribution >= 4 is 28.6 Å². The van der Waals surface area contributed by atoms with Gasteiger partial charge in [-0.3, -0.25) is 9.79 Å². The van der Waals surface area contributed by atoms with Gasteiger partial charge < -0.3 is 5.11 Å². The number of rotatable bonds is 2. The molecule has 0 aromatic heterocycles. The molecule has 0 bridgehead atoms. The lowest BCUT2D eigenvalue weighted by Gasteiger charge is -2.11. The first-order chi connectivity index (χ1) is 6.59. The van der Waals surface area contributed by atoms with Crippen LogP contribution in [0, 0.1) is 5.92 Å². The van der Waals surface area contributed by atoms with E-state index in [-0.39, 0.29) is 28.0 Å². The smallest absolute Gasteiger partial charge is 0.360 e. The van der Waals surface area contributed by atoms with Gasteiger partial charge in [-0.25, -0.2) is 4.79 Å². The van der Waals surface area contributed by atoms with Crippen LogP contribution in [0.1, 0.15) is 19.8 Å².